The van der Waals surface area contributed by atoms with Crippen LogP contribution in [0.1, 0.15) is 25.0 Å². The molecule has 0 saturated heterocycles. The Morgan fingerprint density at radius 2 is 2.14 bits per heavy atom. The van der Waals surface area contributed by atoms with Gasteiger partial charge in [-0.1, -0.05) is 6.07 Å². The molecule has 0 saturated carbocycles. The molecule has 0 unspecified atom stereocenters. The van der Waals surface area contributed by atoms with Crippen molar-refractivity contribution in [3.63, 3.8) is 0 Å². The van der Waals surface area contributed by atoms with Crippen molar-refractivity contribution in [3.8, 4) is 6.07 Å². The number of rotatable bonds is 2. The van der Waals surface area contributed by atoms with Gasteiger partial charge in [-0.3, -0.25) is 4.84 Å². The number of benzene rings is 1. The number of nitriles is 1. The van der Waals surface area contributed by atoms with Crippen molar-refractivity contribution in [2.45, 2.75) is 19.4 Å². The van der Waals surface area contributed by atoms with Crippen molar-refractivity contribution >= 4 is 0 Å². The van der Waals surface area contributed by atoms with Gasteiger partial charge in [-0.25, -0.2) is 10.3 Å². The van der Waals surface area contributed by atoms with E-state index >= 15 is 0 Å². The van der Waals surface area contributed by atoms with Crippen LogP contribution in [0, 0.1) is 17.1 Å². The number of nitrogens with two attached hydrogens (primary N) is 1. The maximum Gasteiger partial charge on any atom is 0.140 e. The van der Waals surface area contributed by atoms with E-state index in [9.17, 15) is 4.39 Å². The molecule has 3 nitrogen and oxygen atoms in total. The van der Waals surface area contributed by atoms with Crippen LogP contribution in [0.5, 0.6) is 0 Å². The second-order valence-electron chi connectivity index (χ2n) is 3.43. The predicted octanol–water partition coefficient (Wildman–Crippen LogP) is 1.82. The molecule has 0 aliphatic heterocycles. The lowest BCUT2D eigenvalue weighted by atomic mass is 9.96. The van der Waals surface area contributed by atoms with Crippen molar-refractivity contribution in [1.82, 2.24) is 0 Å². The molecule has 0 heterocycles. The average molecular weight is 194 g/mol. The van der Waals surface area contributed by atoms with Crippen LogP contribution in [-0.2, 0) is 10.4 Å². The summed E-state index contributed by atoms with van der Waals surface area (Å²) in [4.78, 5) is 4.73. The average Bonchev–Trinajstić information content (AvgIpc) is 2.18. The van der Waals surface area contributed by atoms with E-state index in [-0.39, 0.29) is 5.56 Å². The van der Waals surface area contributed by atoms with Crippen LogP contribution in [-0.4, -0.2) is 0 Å². The Bertz CT molecular complexity index is 382. The van der Waals surface area contributed by atoms with Crippen LogP contribution in [0.3, 0.4) is 0 Å². The van der Waals surface area contributed by atoms with Gasteiger partial charge in [0.05, 0.1) is 5.56 Å². The van der Waals surface area contributed by atoms with E-state index < -0.39 is 11.4 Å². The standard InChI is InChI=1S/C10H11FN2O/c1-10(2,14-13)8-3-4-9(11)7(5-8)6-12/h3-5H,13H2,1-2H3. The smallest absolute Gasteiger partial charge is 0.140 e. The maximum atomic E-state index is 13.0. The Labute approximate surface area is 81.9 Å². The zero-order valence-electron chi connectivity index (χ0n) is 8.04. The number of halogens is 1. The predicted molar refractivity (Wildman–Crippen MR) is 49.4 cm³/mol. The van der Waals surface area contributed by atoms with Gasteiger partial charge < -0.3 is 0 Å². The first-order valence-electron chi connectivity index (χ1n) is 4.09. The summed E-state index contributed by atoms with van der Waals surface area (Å²) in [5.41, 5.74) is -0.0650. The van der Waals surface area contributed by atoms with Crippen LogP contribution in [0.15, 0.2) is 18.2 Å². The fourth-order valence-electron chi connectivity index (χ4n) is 1.05. The number of hydrogen-bond donors (Lipinski definition) is 1. The van der Waals surface area contributed by atoms with Gasteiger partial charge >= 0.3 is 0 Å². The van der Waals surface area contributed by atoms with Crippen molar-refractivity contribution in [2.24, 2.45) is 5.90 Å². The molecule has 1 aromatic carbocycles. The Balaban J connectivity index is 3.21. The molecule has 0 amide bonds. The minimum absolute atomic E-state index is 0.00683. The molecule has 0 atom stereocenters. The molecule has 0 aromatic heterocycles. The van der Waals surface area contributed by atoms with Crippen molar-refractivity contribution in [2.75, 3.05) is 0 Å². The van der Waals surface area contributed by atoms with E-state index in [1.165, 1.54) is 12.1 Å². The second-order valence-corrected chi connectivity index (χ2v) is 3.43. The molecular formula is C10H11FN2O. The summed E-state index contributed by atoms with van der Waals surface area (Å²) in [6.07, 6.45) is 0. The van der Waals surface area contributed by atoms with E-state index in [2.05, 4.69) is 0 Å². The molecule has 0 spiro atoms. The van der Waals surface area contributed by atoms with Gasteiger partial charge in [0.1, 0.15) is 17.5 Å². The van der Waals surface area contributed by atoms with Gasteiger partial charge in [0, 0.05) is 0 Å². The van der Waals surface area contributed by atoms with Gasteiger partial charge in [0.2, 0.25) is 0 Å². The van der Waals surface area contributed by atoms with E-state index in [1.807, 2.05) is 0 Å². The molecule has 0 bridgehead atoms. The van der Waals surface area contributed by atoms with Crippen LogP contribution >= 0.6 is 0 Å². The highest BCUT2D eigenvalue weighted by Gasteiger charge is 2.21. The van der Waals surface area contributed by atoms with E-state index in [4.69, 9.17) is 16.0 Å². The monoisotopic (exact) mass is 194 g/mol. The largest absolute Gasteiger partial charge is 0.294 e. The van der Waals surface area contributed by atoms with E-state index in [0.717, 1.165) is 0 Å². The van der Waals surface area contributed by atoms with E-state index in [0.29, 0.717) is 5.56 Å². The third-order valence-electron chi connectivity index (χ3n) is 2.08. The summed E-state index contributed by atoms with van der Waals surface area (Å²) in [6.45, 7) is 3.47. The van der Waals surface area contributed by atoms with Crippen LogP contribution < -0.4 is 5.90 Å². The summed E-state index contributed by atoms with van der Waals surface area (Å²) in [5, 5.41) is 8.62. The summed E-state index contributed by atoms with van der Waals surface area (Å²) < 4.78 is 13.0. The van der Waals surface area contributed by atoms with Crippen molar-refractivity contribution < 1.29 is 9.23 Å². The van der Waals surface area contributed by atoms with Gasteiger partial charge in [-0.05, 0) is 31.5 Å². The van der Waals surface area contributed by atoms with Gasteiger partial charge in [0.15, 0.2) is 0 Å². The molecule has 74 valence electrons. The van der Waals surface area contributed by atoms with Crippen molar-refractivity contribution in [3.05, 3.63) is 35.1 Å². The first-order valence-corrected chi connectivity index (χ1v) is 4.09. The zero-order chi connectivity index (χ0) is 10.8. The highest BCUT2D eigenvalue weighted by atomic mass is 19.1. The Kier molecular flexibility index (Phi) is 2.84. The summed E-state index contributed by atoms with van der Waals surface area (Å²) >= 11 is 0. The third kappa shape index (κ3) is 1.90. The molecule has 1 rings (SSSR count). The molecule has 4 heteroatoms. The minimum Gasteiger partial charge on any atom is -0.294 e. The summed E-state index contributed by atoms with van der Waals surface area (Å²) in [7, 11) is 0. The minimum atomic E-state index is -0.723. The molecule has 14 heavy (non-hydrogen) atoms. The SMILES string of the molecule is CC(C)(ON)c1ccc(F)c(C#N)c1. The van der Waals surface area contributed by atoms with Gasteiger partial charge in [-0.2, -0.15) is 5.26 Å². The van der Waals surface area contributed by atoms with Gasteiger partial charge in [0.25, 0.3) is 0 Å². The number of hydrogen-bond acceptors (Lipinski definition) is 3. The van der Waals surface area contributed by atoms with Gasteiger partial charge in [-0.15, -0.1) is 0 Å². The Morgan fingerprint density at radius 1 is 1.50 bits per heavy atom. The molecule has 0 fully saturated rings. The molecule has 0 aliphatic carbocycles. The zero-order valence-corrected chi connectivity index (χ0v) is 8.04. The van der Waals surface area contributed by atoms with Crippen LogP contribution in [0.4, 0.5) is 4.39 Å². The van der Waals surface area contributed by atoms with Crippen molar-refractivity contribution in [1.29, 1.82) is 5.26 Å². The lowest BCUT2D eigenvalue weighted by Gasteiger charge is -2.22. The fourth-order valence-corrected chi connectivity index (χ4v) is 1.05. The summed E-state index contributed by atoms with van der Waals surface area (Å²) in [5.74, 6) is 4.55. The number of nitrogens with zero attached hydrogens (tertiary/aromatic N) is 1. The Morgan fingerprint density at radius 3 is 2.64 bits per heavy atom. The van der Waals surface area contributed by atoms with Crippen LogP contribution in [0.2, 0.25) is 0 Å². The fraction of sp³-hybridized carbons (Fsp3) is 0.300. The normalized spacial score (nSPS) is 11.1. The first kappa shape index (κ1) is 10.6. The first-order chi connectivity index (χ1) is 6.51. The molecular weight excluding hydrogens is 183 g/mol. The highest BCUT2D eigenvalue weighted by molar-refractivity contribution is 5.36. The van der Waals surface area contributed by atoms with E-state index in [1.54, 1.807) is 26.0 Å². The Hall–Kier alpha value is -1.44. The lowest BCUT2D eigenvalue weighted by Crippen LogP contribution is -2.25. The summed E-state index contributed by atoms with van der Waals surface area (Å²) in [6, 6.07) is 5.97. The molecule has 2 N–H and O–H groups in total. The molecule has 0 aliphatic rings. The topological polar surface area (TPSA) is 59.0 Å². The third-order valence-corrected chi connectivity index (χ3v) is 2.08. The highest BCUT2D eigenvalue weighted by Crippen LogP contribution is 2.24. The van der Waals surface area contributed by atoms with Crippen LogP contribution in [0.25, 0.3) is 0 Å². The molecule has 0 radical (unpaired) electrons. The second kappa shape index (κ2) is 3.74. The quantitative estimate of drug-likeness (QED) is 0.730. The molecule has 1 aromatic rings. The maximum absolute atomic E-state index is 13.0. The lowest BCUT2D eigenvalue weighted by molar-refractivity contribution is -0.0236.